The fourth-order valence-electron chi connectivity index (χ4n) is 4.75. The minimum atomic E-state index is 0.0399. The lowest BCUT2D eigenvalue weighted by atomic mass is 9.96. The highest BCUT2D eigenvalue weighted by Crippen LogP contribution is 2.41. The van der Waals surface area contributed by atoms with Crippen molar-refractivity contribution in [3.63, 3.8) is 0 Å². The predicted octanol–water partition coefficient (Wildman–Crippen LogP) is 5.88. The van der Waals surface area contributed by atoms with Gasteiger partial charge in [-0.25, -0.2) is 0 Å². The van der Waals surface area contributed by atoms with Crippen LogP contribution >= 0.6 is 12.2 Å². The summed E-state index contributed by atoms with van der Waals surface area (Å²) < 4.78 is 2.40. The molecule has 2 aromatic heterocycles. The summed E-state index contributed by atoms with van der Waals surface area (Å²) in [5, 5.41) is 4.40. The first-order chi connectivity index (χ1) is 14.9. The van der Waals surface area contributed by atoms with E-state index in [4.69, 9.17) is 12.2 Å². The smallest absolute Gasteiger partial charge is 0.170 e. The number of aryl methyl sites for hydroxylation is 2. The zero-order valence-electron chi connectivity index (χ0n) is 19.1. The molecular weight excluding hydrogens is 400 g/mol. The molecule has 1 aromatic carbocycles. The number of nitrogens with one attached hydrogen (secondary N) is 1. The van der Waals surface area contributed by atoms with E-state index in [0.29, 0.717) is 0 Å². The standard InChI is InChI=1S/C26H32N4S/c1-6-7-15-29-25(24(28-26(29)31)22-12-8-9-14-27-22)21-16-18(3)30(20(21)5)23-13-10-11-17(2)19(23)4/h8-14,16,24-25H,6-7,15H2,1-5H3,(H,28,31)/t24-,25+/m1/s1. The highest BCUT2D eigenvalue weighted by atomic mass is 32.1. The summed E-state index contributed by atoms with van der Waals surface area (Å²) in [7, 11) is 0. The Bertz CT molecular complexity index is 1090. The van der Waals surface area contributed by atoms with E-state index in [1.54, 1.807) is 0 Å². The second-order valence-corrected chi connectivity index (χ2v) is 8.94. The van der Waals surface area contributed by atoms with Gasteiger partial charge in [-0.3, -0.25) is 4.98 Å². The van der Waals surface area contributed by atoms with E-state index >= 15 is 0 Å². The maximum Gasteiger partial charge on any atom is 0.170 e. The van der Waals surface area contributed by atoms with Crippen LogP contribution in [0.3, 0.4) is 0 Å². The van der Waals surface area contributed by atoms with E-state index in [1.165, 1.54) is 33.8 Å². The van der Waals surface area contributed by atoms with E-state index in [0.717, 1.165) is 30.2 Å². The molecule has 4 nitrogen and oxygen atoms in total. The highest BCUT2D eigenvalue weighted by Gasteiger charge is 2.41. The monoisotopic (exact) mass is 432 g/mol. The van der Waals surface area contributed by atoms with Crippen LogP contribution in [0.4, 0.5) is 0 Å². The first-order valence-corrected chi connectivity index (χ1v) is 11.6. The maximum atomic E-state index is 5.80. The molecule has 1 aliphatic heterocycles. The average molecular weight is 433 g/mol. The van der Waals surface area contributed by atoms with Crippen LogP contribution in [0.5, 0.6) is 0 Å². The van der Waals surface area contributed by atoms with Crippen LogP contribution in [0.2, 0.25) is 0 Å². The molecular formula is C26H32N4S. The molecule has 0 amide bonds. The lowest BCUT2D eigenvalue weighted by Gasteiger charge is -2.28. The molecule has 3 heterocycles. The zero-order valence-corrected chi connectivity index (χ0v) is 20.0. The molecule has 1 saturated heterocycles. The molecule has 1 fully saturated rings. The molecule has 1 N–H and O–H groups in total. The number of hydrogen-bond donors (Lipinski definition) is 1. The maximum absolute atomic E-state index is 5.80. The number of pyridine rings is 1. The van der Waals surface area contributed by atoms with Crippen molar-refractivity contribution in [3.05, 3.63) is 82.4 Å². The van der Waals surface area contributed by atoms with Gasteiger partial charge in [0.25, 0.3) is 0 Å². The Morgan fingerprint density at radius 2 is 1.87 bits per heavy atom. The van der Waals surface area contributed by atoms with Gasteiger partial charge in [-0.1, -0.05) is 31.5 Å². The number of benzene rings is 1. The predicted molar refractivity (Wildman–Crippen MR) is 132 cm³/mol. The number of aromatic nitrogens is 2. The van der Waals surface area contributed by atoms with E-state index in [-0.39, 0.29) is 12.1 Å². The van der Waals surface area contributed by atoms with Gasteiger partial charge in [0.15, 0.2) is 5.11 Å². The van der Waals surface area contributed by atoms with E-state index in [9.17, 15) is 0 Å². The minimum absolute atomic E-state index is 0.0399. The van der Waals surface area contributed by atoms with Gasteiger partial charge in [-0.15, -0.1) is 0 Å². The van der Waals surface area contributed by atoms with E-state index < -0.39 is 0 Å². The molecule has 0 saturated carbocycles. The van der Waals surface area contributed by atoms with Crippen LogP contribution in [0, 0.1) is 27.7 Å². The Kier molecular flexibility index (Phi) is 6.15. The van der Waals surface area contributed by atoms with Crippen LogP contribution in [-0.4, -0.2) is 26.1 Å². The summed E-state index contributed by atoms with van der Waals surface area (Å²) >= 11 is 5.80. The number of unbranched alkanes of at least 4 members (excludes halogenated alkanes) is 1. The third kappa shape index (κ3) is 3.87. The number of nitrogens with zero attached hydrogens (tertiary/aromatic N) is 3. The van der Waals surface area contributed by atoms with Gasteiger partial charge in [0.2, 0.25) is 0 Å². The van der Waals surface area contributed by atoms with Gasteiger partial charge in [0.05, 0.1) is 17.8 Å². The number of thiocarbonyl (C=S) groups is 1. The first kappa shape index (κ1) is 21.6. The molecule has 4 rings (SSSR count). The third-order valence-corrected chi connectivity index (χ3v) is 6.91. The van der Waals surface area contributed by atoms with Gasteiger partial charge in [-0.2, -0.15) is 0 Å². The molecule has 2 atom stereocenters. The van der Waals surface area contributed by atoms with Crippen molar-refractivity contribution in [3.8, 4) is 5.69 Å². The summed E-state index contributed by atoms with van der Waals surface area (Å²) in [5.41, 5.74) is 8.75. The molecule has 0 aliphatic carbocycles. The van der Waals surface area contributed by atoms with Crippen molar-refractivity contribution in [2.45, 2.75) is 59.5 Å². The Labute approximate surface area is 191 Å². The molecule has 1 aliphatic rings. The van der Waals surface area contributed by atoms with Crippen molar-refractivity contribution in [1.29, 1.82) is 0 Å². The summed E-state index contributed by atoms with van der Waals surface area (Å²) in [6, 6.07) is 15.2. The third-order valence-electron chi connectivity index (χ3n) is 6.56. The normalized spacial score (nSPS) is 18.5. The number of hydrogen-bond acceptors (Lipinski definition) is 2. The second kappa shape index (κ2) is 8.83. The lowest BCUT2D eigenvalue weighted by molar-refractivity contribution is 0.312. The van der Waals surface area contributed by atoms with E-state index in [1.807, 2.05) is 12.3 Å². The van der Waals surface area contributed by atoms with E-state index in [2.05, 4.69) is 90.8 Å². The van der Waals surface area contributed by atoms with Gasteiger partial charge in [-0.05, 0) is 87.3 Å². The molecule has 31 heavy (non-hydrogen) atoms. The van der Waals surface area contributed by atoms with Crippen molar-refractivity contribution < 1.29 is 0 Å². The molecule has 0 unspecified atom stereocenters. The topological polar surface area (TPSA) is 33.1 Å². The molecule has 3 aromatic rings. The van der Waals surface area contributed by atoms with Gasteiger partial charge < -0.3 is 14.8 Å². The van der Waals surface area contributed by atoms with Gasteiger partial charge in [0.1, 0.15) is 0 Å². The van der Waals surface area contributed by atoms with Crippen molar-refractivity contribution in [1.82, 2.24) is 19.8 Å². The Balaban J connectivity index is 1.84. The number of rotatable bonds is 6. The molecule has 5 heteroatoms. The van der Waals surface area contributed by atoms with Crippen molar-refractivity contribution >= 4 is 17.3 Å². The van der Waals surface area contributed by atoms with Crippen LogP contribution < -0.4 is 5.32 Å². The summed E-state index contributed by atoms with van der Waals surface area (Å²) in [6.07, 6.45) is 4.12. The average Bonchev–Trinajstić information content (AvgIpc) is 3.24. The van der Waals surface area contributed by atoms with Crippen LogP contribution in [0.25, 0.3) is 5.69 Å². The minimum Gasteiger partial charge on any atom is -0.352 e. The Hall–Kier alpha value is -2.66. The quantitative estimate of drug-likeness (QED) is 0.493. The molecule has 0 radical (unpaired) electrons. The Morgan fingerprint density at radius 1 is 1.06 bits per heavy atom. The fourth-order valence-corrected chi connectivity index (χ4v) is 5.08. The van der Waals surface area contributed by atoms with Crippen LogP contribution in [0.1, 0.15) is 65.6 Å². The van der Waals surface area contributed by atoms with Gasteiger partial charge in [0, 0.05) is 29.8 Å². The highest BCUT2D eigenvalue weighted by molar-refractivity contribution is 7.80. The van der Waals surface area contributed by atoms with Gasteiger partial charge >= 0.3 is 0 Å². The summed E-state index contributed by atoms with van der Waals surface area (Å²) in [4.78, 5) is 7.04. The van der Waals surface area contributed by atoms with Crippen molar-refractivity contribution in [2.75, 3.05) is 6.54 Å². The molecule has 0 spiro atoms. The second-order valence-electron chi connectivity index (χ2n) is 8.55. The largest absolute Gasteiger partial charge is 0.352 e. The molecule has 162 valence electrons. The SMILES string of the molecule is CCCCN1C(=S)N[C@H](c2ccccn2)[C@@H]1c1cc(C)n(-c2cccc(C)c2C)c1C. The first-order valence-electron chi connectivity index (χ1n) is 11.2. The summed E-state index contributed by atoms with van der Waals surface area (Å²) in [5.74, 6) is 0. The van der Waals surface area contributed by atoms with Crippen LogP contribution in [0.15, 0.2) is 48.7 Å². The fraction of sp³-hybridized carbons (Fsp3) is 0.385. The zero-order chi connectivity index (χ0) is 22.1. The molecule has 0 bridgehead atoms. The lowest BCUT2D eigenvalue weighted by Crippen LogP contribution is -2.30. The Morgan fingerprint density at radius 3 is 2.58 bits per heavy atom. The summed E-state index contributed by atoms with van der Waals surface area (Å²) in [6.45, 7) is 12.0. The van der Waals surface area contributed by atoms with Crippen molar-refractivity contribution in [2.24, 2.45) is 0 Å². The van der Waals surface area contributed by atoms with Crippen LogP contribution in [-0.2, 0) is 0 Å².